The van der Waals surface area contributed by atoms with Gasteiger partial charge in [0.1, 0.15) is 5.75 Å². The first-order chi connectivity index (χ1) is 9.58. The third-order valence-corrected chi connectivity index (χ3v) is 3.30. The van der Waals surface area contributed by atoms with Gasteiger partial charge in [-0.3, -0.25) is 14.9 Å². The van der Waals surface area contributed by atoms with Gasteiger partial charge in [-0.1, -0.05) is 0 Å². The molecule has 1 N–H and O–H groups in total. The Kier molecular flexibility index (Phi) is 4.34. The Balaban J connectivity index is 2.12. The number of nitrogens with zero attached hydrogens (tertiary/aromatic N) is 2. The van der Waals surface area contributed by atoms with E-state index in [1.807, 2.05) is 0 Å². The molecule has 1 aromatic carbocycles. The summed E-state index contributed by atoms with van der Waals surface area (Å²) in [5.41, 5.74) is 0.150. The van der Waals surface area contributed by atoms with E-state index in [-0.39, 0.29) is 22.9 Å². The van der Waals surface area contributed by atoms with Crippen LogP contribution in [0.1, 0.15) is 24.8 Å². The third-order valence-electron chi connectivity index (χ3n) is 3.30. The second-order valence-electron chi connectivity index (χ2n) is 4.72. The molecule has 1 saturated heterocycles. The van der Waals surface area contributed by atoms with Gasteiger partial charge in [-0.2, -0.15) is 0 Å². The number of hydrogen-bond acceptors (Lipinski definition) is 4. The van der Waals surface area contributed by atoms with Gasteiger partial charge in [0.2, 0.25) is 5.91 Å². The first-order valence-corrected chi connectivity index (χ1v) is 6.52. The number of amides is 1. The minimum absolute atomic E-state index is 0.0849. The van der Waals surface area contributed by atoms with Crippen molar-refractivity contribution >= 4 is 17.7 Å². The summed E-state index contributed by atoms with van der Waals surface area (Å²) in [4.78, 5) is 23.8. The zero-order valence-corrected chi connectivity index (χ0v) is 11.0. The van der Waals surface area contributed by atoms with E-state index in [1.165, 1.54) is 30.4 Å². The molecule has 1 fully saturated rings. The average Bonchev–Trinajstić information content (AvgIpc) is 2.46. The normalized spacial score (nSPS) is 15.5. The Morgan fingerprint density at radius 1 is 1.30 bits per heavy atom. The lowest BCUT2D eigenvalue weighted by molar-refractivity contribution is -0.384. The van der Waals surface area contributed by atoms with Crippen LogP contribution < -0.4 is 0 Å². The van der Waals surface area contributed by atoms with E-state index in [2.05, 4.69) is 0 Å². The average molecular weight is 276 g/mol. The topological polar surface area (TPSA) is 83.7 Å². The fraction of sp³-hybridized carbons (Fsp3) is 0.357. The van der Waals surface area contributed by atoms with E-state index in [0.29, 0.717) is 0 Å². The maximum absolute atomic E-state index is 11.9. The lowest BCUT2D eigenvalue weighted by atomic mass is 10.1. The van der Waals surface area contributed by atoms with Gasteiger partial charge in [-0.05, 0) is 31.4 Å². The molecule has 1 amide bonds. The lowest BCUT2D eigenvalue weighted by Crippen LogP contribution is -2.34. The highest BCUT2D eigenvalue weighted by Gasteiger charge is 2.14. The zero-order chi connectivity index (χ0) is 14.5. The number of rotatable bonds is 3. The molecule has 0 radical (unpaired) electrons. The van der Waals surface area contributed by atoms with Crippen molar-refractivity contribution in [2.45, 2.75) is 19.3 Å². The SMILES string of the molecule is O=C(/C=C/c1cc([N+](=O)[O-])ccc1O)N1CCCCC1. The van der Waals surface area contributed by atoms with Gasteiger partial charge in [0.25, 0.3) is 5.69 Å². The first kappa shape index (κ1) is 14.0. The smallest absolute Gasteiger partial charge is 0.270 e. The molecule has 1 aliphatic rings. The Hall–Kier alpha value is -2.37. The highest BCUT2D eigenvalue weighted by molar-refractivity contribution is 5.92. The first-order valence-electron chi connectivity index (χ1n) is 6.52. The molecule has 1 aliphatic heterocycles. The number of carbonyl (C=O) groups is 1. The van der Waals surface area contributed by atoms with E-state index < -0.39 is 4.92 Å². The van der Waals surface area contributed by atoms with Gasteiger partial charge in [-0.25, -0.2) is 0 Å². The molecule has 0 saturated carbocycles. The van der Waals surface area contributed by atoms with Crippen molar-refractivity contribution in [3.05, 3.63) is 40.0 Å². The maximum atomic E-state index is 11.9. The quantitative estimate of drug-likeness (QED) is 0.521. The van der Waals surface area contributed by atoms with Crippen LogP contribution in [0, 0.1) is 10.1 Å². The number of phenolic OH excluding ortho intramolecular Hbond substituents is 1. The van der Waals surface area contributed by atoms with Gasteiger partial charge in [0.15, 0.2) is 0 Å². The number of hydrogen-bond donors (Lipinski definition) is 1. The van der Waals surface area contributed by atoms with Crippen LogP contribution in [0.3, 0.4) is 0 Å². The van der Waals surface area contributed by atoms with E-state index in [9.17, 15) is 20.0 Å². The molecule has 20 heavy (non-hydrogen) atoms. The summed E-state index contributed by atoms with van der Waals surface area (Å²) in [6, 6.07) is 3.72. The summed E-state index contributed by atoms with van der Waals surface area (Å²) in [5, 5.41) is 20.3. The van der Waals surface area contributed by atoms with E-state index in [1.54, 1.807) is 4.90 Å². The predicted molar refractivity (Wildman–Crippen MR) is 74.2 cm³/mol. The van der Waals surface area contributed by atoms with Crippen LogP contribution in [-0.2, 0) is 4.79 Å². The number of likely N-dealkylation sites (tertiary alicyclic amines) is 1. The van der Waals surface area contributed by atoms with Crippen LogP contribution in [0.2, 0.25) is 0 Å². The van der Waals surface area contributed by atoms with Crippen molar-refractivity contribution in [3.8, 4) is 5.75 Å². The number of piperidine rings is 1. The molecule has 2 rings (SSSR count). The molecular formula is C14H16N2O4. The maximum Gasteiger partial charge on any atom is 0.270 e. The van der Waals surface area contributed by atoms with E-state index in [0.717, 1.165) is 32.4 Å². The van der Waals surface area contributed by atoms with Gasteiger partial charge < -0.3 is 10.0 Å². The molecule has 0 atom stereocenters. The summed E-state index contributed by atoms with van der Waals surface area (Å²) >= 11 is 0. The summed E-state index contributed by atoms with van der Waals surface area (Å²) in [6.07, 6.45) is 5.91. The van der Waals surface area contributed by atoms with Crippen LogP contribution in [0.4, 0.5) is 5.69 Å². The van der Waals surface area contributed by atoms with Gasteiger partial charge in [0, 0.05) is 36.9 Å². The van der Waals surface area contributed by atoms with Crippen LogP contribution in [0.15, 0.2) is 24.3 Å². The van der Waals surface area contributed by atoms with Crippen molar-refractivity contribution in [3.63, 3.8) is 0 Å². The minimum atomic E-state index is -0.538. The van der Waals surface area contributed by atoms with Crippen molar-refractivity contribution in [2.24, 2.45) is 0 Å². The molecule has 0 spiro atoms. The number of benzene rings is 1. The van der Waals surface area contributed by atoms with Crippen LogP contribution in [0.5, 0.6) is 5.75 Å². The summed E-state index contributed by atoms with van der Waals surface area (Å²) in [6.45, 7) is 1.48. The summed E-state index contributed by atoms with van der Waals surface area (Å²) in [7, 11) is 0. The van der Waals surface area contributed by atoms with Gasteiger partial charge in [0.05, 0.1) is 4.92 Å². The number of nitro groups is 1. The molecule has 0 bridgehead atoms. The minimum Gasteiger partial charge on any atom is -0.507 e. The molecule has 0 aliphatic carbocycles. The standard InChI is InChI=1S/C14H16N2O4/c17-13-6-5-12(16(19)20)10-11(13)4-7-14(18)15-8-2-1-3-9-15/h4-7,10,17H,1-3,8-9H2/b7-4+. The van der Waals surface area contributed by atoms with Crippen LogP contribution >= 0.6 is 0 Å². The number of nitro benzene ring substituents is 1. The van der Waals surface area contributed by atoms with Gasteiger partial charge in [-0.15, -0.1) is 0 Å². The van der Waals surface area contributed by atoms with Gasteiger partial charge >= 0.3 is 0 Å². The molecule has 1 aromatic rings. The number of carbonyl (C=O) groups excluding carboxylic acids is 1. The number of phenols is 1. The molecule has 106 valence electrons. The zero-order valence-electron chi connectivity index (χ0n) is 11.0. The van der Waals surface area contributed by atoms with E-state index in [4.69, 9.17) is 0 Å². The highest BCUT2D eigenvalue weighted by atomic mass is 16.6. The van der Waals surface area contributed by atoms with E-state index >= 15 is 0 Å². The molecule has 0 unspecified atom stereocenters. The van der Waals surface area contributed by atoms with Crippen molar-refractivity contribution in [1.29, 1.82) is 0 Å². The molecule has 1 heterocycles. The monoisotopic (exact) mass is 276 g/mol. The van der Waals surface area contributed by atoms with Crippen molar-refractivity contribution in [1.82, 2.24) is 4.90 Å². The Morgan fingerprint density at radius 2 is 2.00 bits per heavy atom. The predicted octanol–water partition coefficient (Wildman–Crippen LogP) is 2.33. The summed E-state index contributed by atoms with van der Waals surface area (Å²) in [5.74, 6) is -0.214. The van der Waals surface area contributed by atoms with Crippen molar-refractivity contribution < 1.29 is 14.8 Å². The highest BCUT2D eigenvalue weighted by Crippen LogP contribution is 2.24. The Bertz CT molecular complexity index is 548. The molecular weight excluding hydrogens is 260 g/mol. The van der Waals surface area contributed by atoms with Crippen LogP contribution in [0.25, 0.3) is 6.08 Å². The summed E-state index contributed by atoms with van der Waals surface area (Å²) < 4.78 is 0. The number of non-ortho nitro benzene ring substituents is 1. The fourth-order valence-electron chi connectivity index (χ4n) is 2.17. The Morgan fingerprint density at radius 3 is 2.65 bits per heavy atom. The third kappa shape index (κ3) is 3.34. The Labute approximate surface area is 116 Å². The largest absolute Gasteiger partial charge is 0.507 e. The number of aromatic hydroxyl groups is 1. The van der Waals surface area contributed by atoms with Crippen LogP contribution in [-0.4, -0.2) is 33.9 Å². The second kappa shape index (κ2) is 6.18. The molecule has 0 aromatic heterocycles. The lowest BCUT2D eigenvalue weighted by Gasteiger charge is -2.25. The fourth-order valence-corrected chi connectivity index (χ4v) is 2.17. The second-order valence-corrected chi connectivity index (χ2v) is 4.72. The molecule has 6 heteroatoms. The molecule has 6 nitrogen and oxygen atoms in total. The van der Waals surface area contributed by atoms with Crippen molar-refractivity contribution in [2.75, 3.05) is 13.1 Å².